The van der Waals surface area contributed by atoms with Gasteiger partial charge in [0.25, 0.3) is 0 Å². The van der Waals surface area contributed by atoms with Gasteiger partial charge in [0.1, 0.15) is 5.41 Å². The molecule has 2 nitrogen and oxygen atoms in total. The highest BCUT2D eigenvalue weighted by molar-refractivity contribution is 6.14. The number of carbonyl (C=O) groups excluding carboxylic acids is 2. The lowest BCUT2D eigenvalue weighted by molar-refractivity contribution is -0.130. The van der Waals surface area contributed by atoms with Crippen molar-refractivity contribution >= 4 is 11.6 Å². The molecule has 0 amide bonds. The Labute approximate surface area is 113 Å². The van der Waals surface area contributed by atoms with Gasteiger partial charge in [-0.2, -0.15) is 0 Å². The molecule has 0 spiro atoms. The highest BCUT2D eigenvalue weighted by atomic mass is 16.2. The monoisotopic (exact) mass is 252 g/mol. The van der Waals surface area contributed by atoms with E-state index in [-0.39, 0.29) is 11.6 Å². The second-order valence-electron chi connectivity index (χ2n) is 4.59. The SMILES string of the molecule is CC(=O)C(C(C)=O)(c1ccccc1)c1ccccc1. The fourth-order valence-corrected chi connectivity index (χ4v) is 2.60. The van der Waals surface area contributed by atoms with E-state index in [9.17, 15) is 9.59 Å². The van der Waals surface area contributed by atoms with Crippen LogP contribution in [0.2, 0.25) is 0 Å². The van der Waals surface area contributed by atoms with E-state index in [1.54, 1.807) is 0 Å². The summed E-state index contributed by atoms with van der Waals surface area (Å²) in [5.74, 6) is -0.310. The van der Waals surface area contributed by atoms with Crippen molar-refractivity contribution in [2.45, 2.75) is 19.3 Å². The Morgan fingerprint density at radius 2 is 1.00 bits per heavy atom. The Morgan fingerprint density at radius 1 is 0.684 bits per heavy atom. The Morgan fingerprint density at radius 3 is 1.26 bits per heavy atom. The van der Waals surface area contributed by atoms with Crippen molar-refractivity contribution in [2.24, 2.45) is 0 Å². The fraction of sp³-hybridized carbons (Fsp3) is 0.176. The van der Waals surface area contributed by atoms with Crippen molar-refractivity contribution in [1.82, 2.24) is 0 Å². The van der Waals surface area contributed by atoms with Crippen LogP contribution in [0.1, 0.15) is 25.0 Å². The number of hydrogen-bond donors (Lipinski definition) is 0. The van der Waals surface area contributed by atoms with Crippen LogP contribution >= 0.6 is 0 Å². The van der Waals surface area contributed by atoms with Crippen molar-refractivity contribution in [1.29, 1.82) is 0 Å². The van der Waals surface area contributed by atoms with Gasteiger partial charge in [0, 0.05) is 0 Å². The summed E-state index contributed by atoms with van der Waals surface area (Å²) in [6.07, 6.45) is 0. The smallest absolute Gasteiger partial charge is 0.152 e. The Kier molecular flexibility index (Phi) is 3.61. The average molecular weight is 252 g/mol. The summed E-state index contributed by atoms with van der Waals surface area (Å²) in [4.78, 5) is 24.6. The van der Waals surface area contributed by atoms with E-state index in [2.05, 4.69) is 0 Å². The third-order valence-electron chi connectivity index (χ3n) is 3.47. The zero-order valence-electron chi connectivity index (χ0n) is 11.1. The van der Waals surface area contributed by atoms with Crippen molar-refractivity contribution in [3.05, 3.63) is 71.8 Å². The lowest BCUT2D eigenvalue weighted by Gasteiger charge is -2.29. The molecule has 0 heterocycles. The first-order valence-electron chi connectivity index (χ1n) is 6.23. The van der Waals surface area contributed by atoms with Gasteiger partial charge in [-0.3, -0.25) is 9.59 Å². The minimum atomic E-state index is -1.19. The Balaban J connectivity index is 2.77. The predicted octanol–water partition coefficient (Wildman–Crippen LogP) is 3.15. The van der Waals surface area contributed by atoms with Gasteiger partial charge in [0.2, 0.25) is 0 Å². The van der Waals surface area contributed by atoms with Crippen LogP contribution in [0, 0.1) is 0 Å². The number of hydrogen-bond acceptors (Lipinski definition) is 2. The van der Waals surface area contributed by atoms with Crippen molar-refractivity contribution in [3.63, 3.8) is 0 Å². The normalized spacial score (nSPS) is 11.1. The summed E-state index contributed by atoms with van der Waals surface area (Å²) in [5.41, 5.74) is 0.255. The van der Waals surface area contributed by atoms with Gasteiger partial charge in [-0.05, 0) is 25.0 Å². The van der Waals surface area contributed by atoms with Crippen LogP contribution in [-0.2, 0) is 15.0 Å². The summed E-state index contributed by atoms with van der Waals surface area (Å²) in [6, 6.07) is 18.5. The van der Waals surface area contributed by atoms with Crippen molar-refractivity contribution < 1.29 is 9.59 Å². The molecule has 0 unspecified atom stereocenters. The third kappa shape index (κ3) is 2.10. The van der Waals surface area contributed by atoms with Crippen LogP contribution in [-0.4, -0.2) is 11.6 Å². The quantitative estimate of drug-likeness (QED) is 0.783. The summed E-state index contributed by atoms with van der Waals surface area (Å²) >= 11 is 0. The van der Waals surface area contributed by atoms with E-state index in [0.717, 1.165) is 11.1 Å². The van der Waals surface area contributed by atoms with Gasteiger partial charge < -0.3 is 0 Å². The molecule has 2 rings (SSSR count). The second kappa shape index (κ2) is 5.19. The van der Waals surface area contributed by atoms with Crippen molar-refractivity contribution in [2.75, 3.05) is 0 Å². The predicted molar refractivity (Wildman–Crippen MR) is 75.0 cm³/mol. The molecule has 0 aliphatic carbocycles. The summed E-state index contributed by atoms with van der Waals surface area (Å²) in [5, 5.41) is 0. The minimum absolute atomic E-state index is 0.155. The van der Waals surface area contributed by atoms with Gasteiger partial charge in [-0.1, -0.05) is 60.7 Å². The molecule has 0 radical (unpaired) electrons. The standard InChI is InChI=1S/C17H16O2/c1-13(18)17(14(2)19,15-9-5-3-6-10-15)16-11-7-4-8-12-16/h3-12H,1-2H3. The zero-order valence-corrected chi connectivity index (χ0v) is 11.1. The molecule has 0 saturated heterocycles. The van der Waals surface area contributed by atoms with Gasteiger partial charge in [-0.15, -0.1) is 0 Å². The molecule has 0 aliphatic rings. The maximum atomic E-state index is 12.3. The van der Waals surface area contributed by atoms with Crippen LogP contribution in [0.5, 0.6) is 0 Å². The van der Waals surface area contributed by atoms with Gasteiger partial charge in [0.15, 0.2) is 11.6 Å². The molecule has 2 aromatic carbocycles. The molecule has 96 valence electrons. The molecule has 0 aromatic heterocycles. The maximum absolute atomic E-state index is 12.3. The lowest BCUT2D eigenvalue weighted by atomic mass is 9.69. The van der Waals surface area contributed by atoms with E-state index in [4.69, 9.17) is 0 Å². The number of benzene rings is 2. The summed E-state index contributed by atoms with van der Waals surface area (Å²) < 4.78 is 0. The van der Waals surface area contributed by atoms with E-state index < -0.39 is 5.41 Å². The molecule has 2 aromatic rings. The fourth-order valence-electron chi connectivity index (χ4n) is 2.60. The number of rotatable bonds is 4. The van der Waals surface area contributed by atoms with Crippen LogP contribution in [0.4, 0.5) is 0 Å². The highest BCUT2D eigenvalue weighted by Crippen LogP contribution is 2.34. The Bertz CT molecular complexity index is 530. The molecule has 0 N–H and O–H groups in total. The average Bonchev–Trinajstić information content (AvgIpc) is 2.41. The first kappa shape index (κ1) is 13.2. The lowest BCUT2D eigenvalue weighted by Crippen LogP contribution is -2.42. The van der Waals surface area contributed by atoms with Gasteiger partial charge in [-0.25, -0.2) is 0 Å². The highest BCUT2D eigenvalue weighted by Gasteiger charge is 2.43. The second-order valence-corrected chi connectivity index (χ2v) is 4.59. The van der Waals surface area contributed by atoms with Crippen molar-refractivity contribution in [3.8, 4) is 0 Å². The van der Waals surface area contributed by atoms with Crippen LogP contribution < -0.4 is 0 Å². The van der Waals surface area contributed by atoms with E-state index in [0.29, 0.717) is 0 Å². The largest absolute Gasteiger partial charge is 0.298 e. The first-order valence-corrected chi connectivity index (χ1v) is 6.23. The van der Waals surface area contributed by atoms with Crippen LogP contribution in [0.25, 0.3) is 0 Å². The molecule has 0 saturated carbocycles. The Hall–Kier alpha value is -2.22. The minimum Gasteiger partial charge on any atom is -0.298 e. The number of ketones is 2. The molecule has 0 fully saturated rings. The molecular formula is C17H16O2. The van der Waals surface area contributed by atoms with E-state index >= 15 is 0 Å². The summed E-state index contributed by atoms with van der Waals surface area (Å²) in [6.45, 7) is 2.95. The molecule has 0 aliphatic heterocycles. The van der Waals surface area contributed by atoms with Gasteiger partial charge >= 0.3 is 0 Å². The zero-order chi connectivity index (χ0) is 13.9. The van der Waals surface area contributed by atoms with Gasteiger partial charge in [0.05, 0.1) is 0 Å². The maximum Gasteiger partial charge on any atom is 0.152 e. The molecule has 19 heavy (non-hydrogen) atoms. The van der Waals surface area contributed by atoms with Crippen LogP contribution in [0.15, 0.2) is 60.7 Å². The first-order chi connectivity index (χ1) is 9.10. The molecule has 0 bridgehead atoms. The summed E-state index contributed by atoms with van der Waals surface area (Å²) in [7, 11) is 0. The molecule has 0 atom stereocenters. The molecular weight excluding hydrogens is 236 g/mol. The van der Waals surface area contributed by atoms with E-state index in [1.807, 2.05) is 60.7 Å². The third-order valence-corrected chi connectivity index (χ3v) is 3.47. The van der Waals surface area contributed by atoms with Crippen LogP contribution in [0.3, 0.4) is 0 Å². The topological polar surface area (TPSA) is 34.1 Å². The number of carbonyl (C=O) groups is 2. The number of Topliss-reactive ketones (excluding diaryl/α,β-unsaturated/α-hetero) is 2. The van der Waals surface area contributed by atoms with E-state index in [1.165, 1.54) is 13.8 Å². The molecule has 2 heteroatoms.